The van der Waals surface area contributed by atoms with Gasteiger partial charge in [-0.1, -0.05) is 72.4 Å². The smallest absolute Gasteiger partial charge is 0.266 e. The lowest BCUT2D eigenvalue weighted by Crippen LogP contribution is -2.33. The maximum atomic E-state index is 13.5. The summed E-state index contributed by atoms with van der Waals surface area (Å²) < 4.78 is 56.5. The van der Waals surface area contributed by atoms with Gasteiger partial charge in [0.25, 0.3) is 31.9 Å². The van der Waals surface area contributed by atoms with Crippen LogP contribution in [0, 0.1) is 0 Å². The first-order chi connectivity index (χ1) is 29.9. The minimum Gasteiger partial charge on any atom is -0.349 e. The Morgan fingerprint density at radius 1 is 0.548 bits per heavy atom. The van der Waals surface area contributed by atoms with E-state index in [1.54, 1.807) is 109 Å². The number of amides is 2. The van der Waals surface area contributed by atoms with Gasteiger partial charge in [0.15, 0.2) is 0 Å². The van der Waals surface area contributed by atoms with Crippen LogP contribution in [0.15, 0.2) is 156 Å². The zero-order valence-corrected chi connectivity index (χ0v) is 36.6. The number of carbonyl (C=O) groups is 2. The lowest BCUT2D eigenvalue weighted by Gasteiger charge is -2.25. The Bertz CT molecular complexity index is 2700. The number of sulfonamides is 2. The van der Waals surface area contributed by atoms with Crippen LogP contribution in [0.3, 0.4) is 0 Å². The van der Waals surface area contributed by atoms with Crippen molar-refractivity contribution in [3.63, 3.8) is 0 Å². The third kappa shape index (κ3) is 11.4. The molecule has 12 nitrogen and oxygen atoms in total. The molecule has 62 heavy (non-hydrogen) atoms. The largest absolute Gasteiger partial charge is 0.349 e. The summed E-state index contributed by atoms with van der Waals surface area (Å²) in [5.74, 6) is -0.395. The minimum absolute atomic E-state index is 0.0757. The summed E-state index contributed by atoms with van der Waals surface area (Å²) in [6, 6.07) is 33.9. The van der Waals surface area contributed by atoms with E-state index in [-0.39, 0.29) is 46.8 Å². The molecule has 0 unspecified atom stereocenters. The number of pyridine rings is 2. The van der Waals surface area contributed by atoms with Crippen LogP contribution >= 0.6 is 23.2 Å². The van der Waals surface area contributed by atoms with Crippen LogP contribution in [0.1, 0.15) is 70.4 Å². The summed E-state index contributed by atoms with van der Waals surface area (Å²) in [5, 5.41) is 7.13. The number of carbonyl (C=O) groups excluding carboxylic acids is 2. The van der Waals surface area contributed by atoms with Crippen LogP contribution in [0.25, 0.3) is 0 Å². The third-order valence-electron chi connectivity index (χ3n) is 10.3. The maximum absolute atomic E-state index is 13.5. The van der Waals surface area contributed by atoms with Crippen molar-refractivity contribution in [1.82, 2.24) is 20.6 Å². The van der Waals surface area contributed by atoms with Gasteiger partial charge < -0.3 is 10.6 Å². The van der Waals surface area contributed by atoms with E-state index in [9.17, 15) is 26.4 Å². The Balaban J connectivity index is 0.000000187. The second kappa shape index (κ2) is 19.9. The highest BCUT2D eigenvalue weighted by Crippen LogP contribution is 2.30. The molecule has 0 saturated heterocycles. The molecule has 16 heteroatoms. The summed E-state index contributed by atoms with van der Waals surface area (Å²) in [6.07, 6.45) is 11.8. The summed E-state index contributed by atoms with van der Waals surface area (Å²) in [4.78, 5) is 33.3. The van der Waals surface area contributed by atoms with Gasteiger partial charge in [-0.15, -0.1) is 0 Å². The lowest BCUT2D eigenvalue weighted by molar-refractivity contribution is 0.0933. The molecule has 0 atom stereocenters. The molecular formula is C46H44Cl2N6O6S2. The van der Waals surface area contributed by atoms with E-state index in [1.807, 2.05) is 0 Å². The van der Waals surface area contributed by atoms with E-state index in [0.717, 1.165) is 49.7 Å². The molecule has 2 aliphatic rings. The minimum atomic E-state index is -3.92. The van der Waals surface area contributed by atoms with Gasteiger partial charge in [-0.3, -0.25) is 28.2 Å². The Hall–Kier alpha value is -5.80. The van der Waals surface area contributed by atoms with Crippen molar-refractivity contribution in [3.8, 4) is 0 Å². The Morgan fingerprint density at radius 2 is 0.952 bits per heavy atom. The van der Waals surface area contributed by atoms with Crippen molar-refractivity contribution in [2.75, 3.05) is 8.61 Å². The number of anilines is 2. The molecule has 0 bridgehead atoms. The van der Waals surface area contributed by atoms with Crippen LogP contribution in [0.2, 0.25) is 10.0 Å². The highest BCUT2D eigenvalue weighted by Gasteiger charge is 2.29. The third-order valence-corrected chi connectivity index (χ3v) is 14.3. The second-order valence-corrected chi connectivity index (χ2v) is 19.6. The molecule has 2 N–H and O–H groups in total. The molecule has 320 valence electrons. The molecule has 2 saturated carbocycles. The van der Waals surface area contributed by atoms with Crippen LogP contribution in [-0.2, 0) is 33.1 Å². The average molecular weight is 912 g/mol. The Labute approximate surface area is 372 Å². The van der Waals surface area contributed by atoms with Crippen molar-refractivity contribution < 1.29 is 26.4 Å². The number of hydrogen-bond donors (Lipinski definition) is 2. The fourth-order valence-electron chi connectivity index (χ4n) is 6.84. The van der Waals surface area contributed by atoms with Crippen molar-refractivity contribution in [1.29, 1.82) is 0 Å². The summed E-state index contributed by atoms with van der Waals surface area (Å²) in [5.41, 5.74) is 3.18. The summed E-state index contributed by atoms with van der Waals surface area (Å²) in [6.45, 7) is 0.171. The molecule has 4 aromatic carbocycles. The van der Waals surface area contributed by atoms with Crippen molar-refractivity contribution in [3.05, 3.63) is 178 Å². The number of hydrogen-bond acceptors (Lipinski definition) is 8. The maximum Gasteiger partial charge on any atom is 0.266 e. The number of halogens is 2. The van der Waals surface area contributed by atoms with Crippen LogP contribution < -0.4 is 19.2 Å². The highest BCUT2D eigenvalue weighted by atomic mass is 35.5. The van der Waals surface area contributed by atoms with Gasteiger partial charge in [0, 0.05) is 58.0 Å². The van der Waals surface area contributed by atoms with E-state index in [0.29, 0.717) is 32.5 Å². The zero-order chi connectivity index (χ0) is 43.7. The van der Waals surface area contributed by atoms with E-state index in [4.69, 9.17) is 23.2 Å². The molecule has 2 heterocycles. The van der Waals surface area contributed by atoms with E-state index < -0.39 is 20.0 Å². The highest BCUT2D eigenvalue weighted by molar-refractivity contribution is 7.93. The first-order valence-corrected chi connectivity index (χ1v) is 23.7. The Kier molecular flexibility index (Phi) is 14.2. The molecule has 0 radical (unpaired) electrons. The van der Waals surface area contributed by atoms with Crippen LogP contribution in [-0.4, -0.2) is 50.7 Å². The first kappa shape index (κ1) is 44.3. The number of nitrogens with zero attached hydrogens (tertiary/aromatic N) is 4. The Morgan fingerprint density at radius 3 is 1.32 bits per heavy atom. The number of rotatable bonds is 14. The number of aromatic nitrogens is 2. The molecule has 6 aromatic rings. The van der Waals surface area contributed by atoms with Gasteiger partial charge in [0.2, 0.25) is 0 Å². The number of benzene rings is 4. The summed E-state index contributed by atoms with van der Waals surface area (Å²) in [7, 11) is -7.83. The molecule has 8 rings (SSSR count). The molecular weight excluding hydrogens is 868 g/mol. The molecule has 0 spiro atoms. The molecule has 2 amide bonds. The predicted octanol–water partition coefficient (Wildman–Crippen LogP) is 8.83. The van der Waals surface area contributed by atoms with E-state index in [1.165, 1.54) is 45.5 Å². The van der Waals surface area contributed by atoms with Crippen molar-refractivity contribution in [2.24, 2.45) is 0 Å². The molecule has 2 fully saturated rings. The van der Waals surface area contributed by atoms with Gasteiger partial charge in [-0.05, 0) is 122 Å². The quantitative estimate of drug-likeness (QED) is 0.110. The van der Waals surface area contributed by atoms with Gasteiger partial charge in [-0.25, -0.2) is 16.8 Å². The van der Waals surface area contributed by atoms with Gasteiger partial charge in [0.05, 0.1) is 24.5 Å². The fourth-order valence-corrected chi connectivity index (χ4v) is 9.91. The summed E-state index contributed by atoms with van der Waals surface area (Å²) >= 11 is 12.0. The van der Waals surface area contributed by atoms with Gasteiger partial charge in [-0.2, -0.15) is 0 Å². The van der Waals surface area contributed by atoms with Crippen molar-refractivity contribution in [2.45, 2.75) is 73.5 Å². The number of nitrogens with one attached hydrogen (secondary N) is 2. The first-order valence-electron chi connectivity index (χ1n) is 20.0. The monoisotopic (exact) mass is 910 g/mol. The van der Waals surface area contributed by atoms with Gasteiger partial charge in [0.1, 0.15) is 9.79 Å². The molecule has 0 aliphatic heterocycles. The van der Waals surface area contributed by atoms with Crippen LogP contribution in [0.4, 0.5) is 11.4 Å². The normalized spacial score (nSPS) is 14.0. The standard InChI is InChI=1S/C24H24ClN3O3S.C22H20ClN3O3S/c25-20-12-10-18(11-13-20)17-28(32(30,31)23-9-4-14-26-16-23)22-8-3-5-19(15-22)24(29)27-21-6-1-2-7-21;23-18-8-6-16(7-9-18)15-26(30(28,29)21-5-2-12-24-14-21)20-4-1-3-17(13-20)22(27)25-19-10-11-19/h3-5,8-16,21H,1-2,6-7,17H2,(H,27,29);1-9,12-14,19H,10-11,15H2,(H,25,27). The topological polar surface area (TPSA) is 159 Å². The van der Waals surface area contributed by atoms with Gasteiger partial charge >= 0.3 is 0 Å². The van der Waals surface area contributed by atoms with E-state index in [2.05, 4.69) is 20.6 Å². The SMILES string of the molecule is O=C(NC1CC1)c1cccc(N(Cc2ccc(Cl)cc2)S(=O)(=O)c2cccnc2)c1.O=C(NC1CCCC1)c1cccc(N(Cc2ccc(Cl)cc2)S(=O)(=O)c2cccnc2)c1. The van der Waals surface area contributed by atoms with Crippen molar-refractivity contribution >= 4 is 66.4 Å². The predicted molar refractivity (Wildman–Crippen MR) is 241 cm³/mol. The average Bonchev–Trinajstić information content (AvgIpc) is 3.96. The molecule has 2 aromatic heterocycles. The second-order valence-electron chi connectivity index (χ2n) is 15.0. The zero-order valence-electron chi connectivity index (χ0n) is 33.5. The fraction of sp³-hybridized carbons (Fsp3) is 0.217. The molecule has 2 aliphatic carbocycles. The van der Waals surface area contributed by atoms with E-state index >= 15 is 0 Å². The lowest BCUT2D eigenvalue weighted by atomic mass is 10.1. The van der Waals surface area contributed by atoms with Crippen LogP contribution in [0.5, 0.6) is 0 Å².